The SMILES string of the molecule is COc1ccc(-c2noc(CN3CCC(C(=O)Nc4ccccc4C(=O)NC(C)(C)C)CC3)n2)cc1. The Bertz CT molecular complexity index is 1190. The second-order valence-electron chi connectivity index (χ2n) is 10.0. The molecule has 2 aromatic carbocycles. The highest BCUT2D eigenvalue weighted by Gasteiger charge is 2.27. The van der Waals surface area contributed by atoms with Crippen LogP contribution in [0.2, 0.25) is 0 Å². The minimum absolute atomic E-state index is 0.0646. The lowest BCUT2D eigenvalue weighted by molar-refractivity contribution is -0.121. The number of para-hydroxylation sites is 1. The average Bonchev–Trinajstić information content (AvgIpc) is 3.32. The third kappa shape index (κ3) is 6.48. The van der Waals surface area contributed by atoms with Crippen molar-refractivity contribution in [3.8, 4) is 17.1 Å². The van der Waals surface area contributed by atoms with Gasteiger partial charge in [-0.15, -0.1) is 0 Å². The molecule has 2 heterocycles. The van der Waals surface area contributed by atoms with Crippen LogP contribution >= 0.6 is 0 Å². The summed E-state index contributed by atoms with van der Waals surface area (Å²) < 4.78 is 10.6. The summed E-state index contributed by atoms with van der Waals surface area (Å²) in [6.07, 6.45) is 1.42. The summed E-state index contributed by atoms with van der Waals surface area (Å²) >= 11 is 0. The number of hydrogen-bond donors (Lipinski definition) is 2. The third-order valence-electron chi connectivity index (χ3n) is 6.05. The number of rotatable bonds is 7. The second-order valence-corrected chi connectivity index (χ2v) is 10.0. The Balaban J connectivity index is 1.30. The number of carbonyl (C=O) groups is 2. The molecule has 36 heavy (non-hydrogen) atoms. The Labute approximate surface area is 211 Å². The van der Waals surface area contributed by atoms with Crippen LogP contribution < -0.4 is 15.4 Å². The van der Waals surface area contributed by atoms with Gasteiger partial charge in [-0.1, -0.05) is 17.3 Å². The van der Waals surface area contributed by atoms with Gasteiger partial charge in [0.15, 0.2) is 0 Å². The summed E-state index contributed by atoms with van der Waals surface area (Å²) in [6.45, 7) is 7.79. The van der Waals surface area contributed by atoms with Crippen LogP contribution in [0.3, 0.4) is 0 Å². The van der Waals surface area contributed by atoms with Crippen molar-refractivity contribution in [1.29, 1.82) is 0 Å². The van der Waals surface area contributed by atoms with Crippen LogP contribution in [0.4, 0.5) is 5.69 Å². The van der Waals surface area contributed by atoms with Gasteiger partial charge < -0.3 is 19.9 Å². The Morgan fingerprint density at radius 3 is 2.44 bits per heavy atom. The van der Waals surface area contributed by atoms with Crippen LogP contribution in [0.1, 0.15) is 49.9 Å². The van der Waals surface area contributed by atoms with Gasteiger partial charge >= 0.3 is 0 Å². The number of anilines is 1. The van der Waals surface area contributed by atoms with Gasteiger partial charge in [-0.3, -0.25) is 14.5 Å². The highest BCUT2D eigenvalue weighted by molar-refractivity contribution is 6.04. The largest absolute Gasteiger partial charge is 0.497 e. The van der Waals surface area contributed by atoms with Crippen molar-refractivity contribution in [2.45, 2.75) is 45.7 Å². The van der Waals surface area contributed by atoms with Crippen LogP contribution in [-0.2, 0) is 11.3 Å². The minimum Gasteiger partial charge on any atom is -0.497 e. The molecule has 9 heteroatoms. The van der Waals surface area contributed by atoms with E-state index < -0.39 is 0 Å². The predicted molar refractivity (Wildman–Crippen MR) is 137 cm³/mol. The molecule has 0 atom stereocenters. The van der Waals surface area contributed by atoms with Crippen LogP contribution in [0.25, 0.3) is 11.4 Å². The quantitative estimate of drug-likeness (QED) is 0.511. The number of benzene rings is 2. The summed E-state index contributed by atoms with van der Waals surface area (Å²) in [6, 6.07) is 14.6. The molecule has 1 aliphatic rings. The number of likely N-dealkylation sites (tertiary alicyclic amines) is 1. The number of nitrogens with zero attached hydrogens (tertiary/aromatic N) is 3. The zero-order valence-electron chi connectivity index (χ0n) is 21.2. The lowest BCUT2D eigenvalue weighted by Crippen LogP contribution is -2.41. The molecule has 2 N–H and O–H groups in total. The third-order valence-corrected chi connectivity index (χ3v) is 6.05. The van der Waals surface area contributed by atoms with Crippen molar-refractivity contribution in [2.24, 2.45) is 5.92 Å². The second kappa shape index (κ2) is 10.9. The first-order valence-corrected chi connectivity index (χ1v) is 12.1. The maximum Gasteiger partial charge on any atom is 0.253 e. The molecule has 4 rings (SSSR count). The molecule has 1 saturated heterocycles. The standard InChI is InChI=1S/C27H33N5O4/c1-27(2,3)30-26(34)21-7-5-6-8-22(21)28-25(33)19-13-15-32(16-14-19)17-23-29-24(31-36-23)18-9-11-20(35-4)12-10-18/h5-12,19H,13-17H2,1-4H3,(H,28,33)(H,30,34). The highest BCUT2D eigenvalue weighted by atomic mass is 16.5. The summed E-state index contributed by atoms with van der Waals surface area (Å²) in [5.41, 5.74) is 1.48. The molecule has 0 unspecified atom stereocenters. The Kier molecular flexibility index (Phi) is 7.69. The molecule has 3 aromatic rings. The first-order valence-electron chi connectivity index (χ1n) is 12.1. The van der Waals surface area contributed by atoms with Gasteiger partial charge in [0.2, 0.25) is 17.6 Å². The van der Waals surface area contributed by atoms with Gasteiger partial charge in [0, 0.05) is 17.0 Å². The van der Waals surface area contributed by atoms with E-state index in [9.17, 15) is 9.59 Å². The Morgan fingerprint density at radius 2 is 1.78 bits per heavy atom. The summed E-state index contributed by atoms with van der Waals surface area (Å²) in [7, 11) is 1.62. The van der Waals surface area contributed by atoms with Crippen LogP contribution in [0.5, 0.6) is 5.75 Å². The molecule has 0 spiro atoms. The molecule has 190 valence electrons. The molecule has 1 aliphatic heterocycles. The van der Waals surface area contributed by atoms with Gasteiger partial charge in [-0.2, -0.15) is 4.98 Å². The molecule has 0 bridgehead atoms. The number of aromatic nitrogens is 2. The topological polar surface area (TPSA) is 110 Å². The molecular weight excluding hydrogens is 458 g/mol. The minimum atomic E-state index is -0.366. The summed E-state index contributed by atoms with van der Waals surface area (Å²) in [5.74, 6) is 1.45. The van der Waals surface area contributed by atoms with E-state index in [2.05, 4.69) is 25.7 Å². The van der Waals surface area contributed by atoms with Crippen molar-refractivity contribution in [1.82, 2.24) is 20.4 Å². The van der Waals surface area contributed by atoms with E-state index in [0.717, 1.165) is 24.4 Å². The Hall–Kier alpha value is -3.72. The number of carbonyl (C=O) groups excluding carboxylic acids is 2. The van der Waals surface area contributed by atoms with Crippen LogP contribution in [0, 0.1) is 5.92 Å². The highest BCUT2D eigenvalue weighted by Crippen LogP contribution is 2.24. The predicted octanol–water partition coefficient (Wildman–Crippen LogP) is 4.12. The molecule has 0 saturated carbocycles. The molecule has 2 amide bonds. The normalized spacial score (nSPS) is 14.9. The lowest BCUT2D eigenvalue weighted by atomic mass is 9.95. The molecule has 1 aromatic heterocycles. The van der Waals surface area contributed by atoms with Gasteiger partial charge in [0.1, 0.15) is 5.75 Å². The number of piperidine rings is 1. The van der Waals surface area contributed by atoms with E-state index in [1.165, 1.54) is 0 Å². The Morgan fingerprint density at radius 1 is 1.08 bits per heavy atom. The molecule has 0 radical (unpaired) electrons. The van der Waals surface area contributed by atoms with Crippen molar-refractivity contribution in [3.05, 3.63) is 60.0 Å². The van der Waals surface area contributed by atoms with E-state index in [4.69, 9.17) is 9.26 Å². The molecule has 1 fully saturated rings. The maximum absolute atomic E-state index is 13.0. The monoisotopic (exact) mass is 491 g/mol. The lowest BCUT2D eigenvalue weighted by Gasteiger charge is -2.30. The number of hydrogen-bond acceptors (Lipinski definition) is 7. The fourth-order valence-corrected chi connectivity index (χ4v) is 4.15. The number of methoxy groups -OCH3 is 1. The van der Waals surface area contributed by atoms with Gasteiger partial charge in [-0.25, -0.2) is 0 Å². The fraction of sp³-hybridized carbons (Fsp3) is 0.407. The van der Waals surface area contributed by atoms with E-state index in [1.54, 1.807) is 25.3 Å². The van der Waals surface area contributed by atoms with E-state index in [-0.39, 0.29) is 23.3 Å². The van der Waals surface area contributed by atoms with Crippen molar-refractivity contribution in [2.75, 3.05) is 25.5 Å². The van der Waals surface area contributed by atoms with E-state index >= 15 is 0 Å². The number of amides is 2. The molecular formula is C27H33N5O4. The van der Waals surface area contributed by atoms with Gasteiger partial charge in [0.25, 0.3) is 5.91 Å². The van der Waals surface area contributed by atoms with E-state index in [1.807, 2.05) is 51.1 Å². The number of ether oxygens (including phenoxy) is 1. The van der Waals surface area contributed by atoms with Gasteiger partial charge in [0.05, 0.1) is 24.9 Å². The van der Waals surface area contributed by atoms with Crippen LogP contribution in [0.15, 0.2) is 53.1 Å². The smallest absolute Gasteiger partial charge is 0.253 e. The maximum atomic E-state index is 13.0. The zero-order valence-corrected chi connectivity index (χ0v) is 21.2. The number of nitrogens with one attached hydrogen (secondary N) is 2. The first kappa shape index (κ1) is 25.4. The average molecular weight is 492 g/mol. The molecule has 9 nitrogen and oxygen atoms in total. The summed E-state index contributed by atoms with van der Waals surface area (Å²) in [5, 5.41) is 10.0. The fourth-order valence-electron chi connectivity index (χ4n) is 4.15. The van der Waals surface area contributed by atoms with Gasteiger partial charge in [-0.05, 0) is 83.1 Å². The van der Waals surface area contributed by atoms with Crippen molar-refractivity contribution < 1.29 is 18.8 Å². The van der Waals surface area contributed by atoms with E-state index in [0.29, 0.717) is 42.4 Å². The van der Waals surface area contributed by atoms with Crippen molar-refractivity contribution in [3.63, 3.8) is 0 Å². The summed E-state index contributed by atoms with van der Waals surface area (Å²) in [4.78, 5) is 32.4. The molecule has 0 aliphatic carbocycles. The van der Waals surface area contributed by atoms with Crippen LogP contribution in [-0.4, -0.2) is 52.6 Å². The van der Waals surface area contributed by atoms with Crippen molar-refractivity contribution >= 4 is 17.5 Å². The zero-order chi connectivity index (χ0) is 25.7. The first-order chi connectivity index (χ1) is 17.2.